The second kappa shape index (κ2) is 8.83. The van der Waals surface area contributed by atoms with Gasteiger partial charge in [0.15, 0.2) is 11.6 Å². The van der Waals surface area contributed by atoms with Crippen LogP contribution in [0.3, 0.4) is 0 Å². The Labute approximate surface area is 156 Å². The maximum Gasteiger partial charge on any atom is 0.389 e. The average molecular weight is 381 g/mol. The van der Waals surface area contributed by atoms with Crippen LogP contribution < -0.4 is 10.1 Å². The molecule has 1 N–H and O–H groups in total. The van der Waals surface area contributed by atoms with Crippen molar-refractivity contribution in [2.24, 2.45) is 5.92 Å². The van der Waals surface area contributed by atoms with E-state index in [1.807, 2.05) is 0 Å². The van der Waals surface area contributed by atoms with Crippen molar-refractivity contribution in [3.8, 4) is 17.1 Å². The van der Waals surface area contributed by atoms with Gasteiger partial charge in [-0.05, 0) is 36.2 Å². The summed E-state index contributed by atoms with van der Waals surface area (Å²) < 4.78 is 42.3. The number of hydrogen-bond acceptors (Lipinski definition) is 5. The van der Waals surface area contributed by atoms with E-state index < -0.39 is 30.8 Å². The number of aromatic nitrogens is 2. The number of carbonyl (C=O) groups excluding carboxylic acids is 1. The van der Waals surface area contributed by atoms with E-state index in [1.165, 1.54) is 6.20 Å². The Morgan fingerprint density at radius 2 is 1.85 bits per heavy atom. The van der Waals surface area contributed by atoms with Crippen molar-refractivity contribution in [2.45, 2.75) is 38.9 Å². The topological polar surface area (TPSA) is 64.1 Å². The fourth-order valence-electron chi connectivity index (χ4n) is 2.52. The van der Waals surface area contributed by atoms with Crippen molar-refractivity contribution in [2.75, 3.05) is 12.4 Å². The monoisotopic (exact) mass is 381 g/mol. The van der Waals surface area contributed by atoms with Gasteiger partial charge in [-0.25, -0.2) is 9.97 Å². The number of nitrogens with one attached hydrogen (secondary N) is 1. The third kappa shape index (κ3) is 6.23. The molecule has 0 spiro atoms. The Bertz CT molecular complexity index is 762. The lowest BCUT2D eigenvalue weighted by molar-refractivity contribution is -0.143. The summed E-state index contributed by atoms with van der Waals surface area (Å²) in [7, 11) is 1.57. The largest absolute Gasteiger partial charge is 0.497 e. The van der Waals surface area contributed by atoms with E-state index in [0.717, 1.165) is 5.56 Å². The number of anilines is 1. The van der Waals surface area contributed by atoms with Gasteiger partial charge in [0.25, 0.3) is 0 Å². The van der Waals surface area contributed by atoms with Gasteiger partial charge in [-0.3, -0.25) is 4.79 Å². The first-order valence-electron chi connectivity index (χ1n) is 8.53. The van der Waals surface area contributed by atoms with Crippen LogP contribution in [-0.4, -0.2) is 35.1 Å². The van der Waals surface area contributed by atoms with Gasteiger partial charge >= 0.3 is 6.18 Å². The maximum atomic E-state index is 12.4. The lowest BCUT2D eigenvalue weighted by Gasteiger charge is -2.22. The number of benzene rings is 1. The molecule has 0 aliphatic carbocycles. The number of ketones is 1. The Kier molecular flexibility index (Phi) is 6.76. The molecule has 0 fully saturated rings. The molecule has 2 rings (SSSR count). The first kappa shape index (κ1) is 20.7. The first-order chi connectivity index (χ1) is 12.7. The SMILES string of the molecule is COc1ccc(-c2nccc(N[C@@H](C(=O)CCC(F)(F)F)C(C)C)n2)cc1. The first-order valence-corrected chi connectivity index (χ1v) is 8.53. The van der Waals surface area contributed by atoms with Crippen LogP contribution in [0, 0.1) is 5.92 Å². The van der Waals surface area contributed by atoms with Crippen LogP contribution in [0.15, 0.2) is 36.5 Å². The molecule has 0 saturated carbocycles. The number of hydrogen-bond donors (Lipinski definition) is 1. The quantitative estimate of drug-likeness (QED) is 0.729. The summed E-state index contributed by atoms with van der Waals surface area (Å²) in [6.45, 7) is 3.55. The minimum Gasteiger partial charge on any atom is -0.497 e. The second-order valence-corrected chi connectivity index (χ2v) is 6.44. The zero-order chi connectivity index (χ0) is 20.0. The van der Waals surface area contributed by atoms with Crippen molar-refractivity contribution >= 4 is 11.6 Å². The molecule has 0 radical (unpaired) electrons. The van der Waals surface area contributed by atoms with Gasteiger partial charge in [0.2, 0.25) is 0 Å². The summed E-state index contributed by atoms with van der Waals surface area (Å²) in [5.74, 6) is 0.836. The number of ether oxygens (including phenoxy) is 1. The Morgan fingerprint density at radius 3 is 2.41 bits per heavy atom. The van der Waals surface area contributed by atoms with E-state index in [1.54, 1.807) is 51.3 Å². The molecule has 0 saturated heterocycles. The number of Topliss-reactive ketones (excluding diaryl/α,β-unsaturated/α-hetero) is 1. The van der Waals surface area contributed by atoms with Gasteiger partial charge in [0.1, 0.15) is 11.6 Å². The van der Waals surface area contributed by atoms with Crippen molar-refractivity contribution in [3.63, 3.8) is 0 Å². The number of rotatable bonds is 8. The number of methoxy groups -OCH3 is 1. The molecule has 1 heterocycles. The molecular formula is C19H22F3N3O2. The van der Waals surface area contributed by atoms with E-state index in [0.29, 0.717) is 17.4 Å². The highest BCUT2D eigenvalue weighted by atomic mass is 19.4. The predicted molar refractivity (Wildman–Crippen MR) is 96.6 cm³/mol. The average Bonchev–Trinajstić information content (AvgIpc) is 2.63. The lowest BCUT2D eigenvalue weighted by Crippen LogP contribution is -2.35. The summed E-state index contributed by atoms with van der Waals surface area (Å²) >= 11 is 0. The number of halogens is 3. The number of nitrogens with zero attached hydrogens (tertiary/aromatic N) is 2. The Hall–Kier alpha value is -2.64. The van der Waals surface area contributed by atoms with Crippen LogP contribution >= 0.6 is 0 Å². The van der Waals surface area contributed by atoms with E-state index in [2.05, 4.69) is 15.3 Å². The third-order valence-corrected chi connectivity index (χ3v) is 3.98. The fraction of sp³-hybridized carbons (Fsp3) is 0.421. The van der Waals surface area contributed by atoms with Gasteiger partial charge in [-0.1, -0.05) is 13.8 Å². The molecule has 1 aromatic heterocycles. The van der Waals surface area contributed by atoms with E-state index >= 15 is 0 Å². The van der Waals surface area contributed by atoms with Crippen molar-refractivity contribution in [1.82, 2.24) is 9.97 Å². The highest BCUT2D eigenvalue weighted by Gasteiger charge is 2.31. The van der Waals surface area contributed by atoms with Gasteiger partial charge < -0.3 is 10.1 Å². The van der Waals surface area contributed by atoms with Crippen LogP contribution in [0.1, 0.15) is 26.7 Å². The standard InChI is InChI=1S/C19H22F3N3O2/c1-12(2)17(15(26)8-10-19(20,21)22)24-16-9-11-23-18(25-16)13-4-6-14(27-3)7-5-13/h4-7,9,11-12,17H,8,10H2,1-3H3,(H,23,24,25)/t17-/m1/s1. The summed E-state index contributed by atoms with van der Waals surface area (Å²) in [6, 6.07) is 7.97. The van der Waals surface area contributed by atoms with Crippen molar-refractivity contribution in [1.29, 1.82) is 0 Å². The van der Waals surface area contributed by atoms with E-state index in [4.69, 9.17) is 4.74 Å². The van der Waals surface area contributed by atoms with E-state index in [-0.39, 0.29) is 5.92 Å². The van der Waals surface area contributed by atoms with Gasteiger partial charge in [0, 0.05) is 18.2 Å². The van der Waals surface area contributed by atoms with Crippen LogP contribution in [0.4, 0.5) is 19.0 Å². The summed E-state index contributed by atoms with van der Waals surface area (Å²) in [6.07, 6.45) is -4.51. The molecule has 1 aromatic carbocycles. The highest BCUT2D eigenvalue weighted by molar-refractivity contribution is 5.86. The molecule has 5 nitrogen and oxygen atoms in total. The lowest BCUT2D eigenvalue weighted by atomic mass is 9.97. The zero-order valence-corrected chi connectivity index (χ0v) is 15.4. The van der Waals surface area contributed by atoms with Crippen LogP contribution in [0.2, 0.25) is 0 Å². The molecule has 0 aliphatic heterocycles. The van der Waals surface area contributed by atoms with Gasteiger partial charge in [0.05, 0.1) is 19.6 Å². The summed E-state index contributed by atoms with van der Waals surface area (Å²) in [5, 5.41) is 2.95. The maximum absolute atomic E-state index is 12.4. The molecule has 0 unspecified atom stereocenters. The van der Waals surface area contributed by atoms with Crippen molar-refractivity contribution in [3.05, 3.63) is 36.5 Å². The number of alkyl halides is 3. The molecular weight excluding hydrogens is 359 g/mol. The molecule has 146 valence electrons. The molecule has 0 amide bonds. The minimum atomic E-state index is -4.35. The molecule has 1 atom stereocenters. The summed E-state index contributed by atoms with van der Waals surface area (Å²) in [5.41, 5.74) is 0.754. The van der Waals surface area contributed by atoms with Crippen LogP contribution in [0.25, 0.3) is 11.4 Å². The minimum absolute atomic E-state index is 0.190. The molecule has 27 heavy (non-hydrogen) atoms. The Balaban J connectivity index is 2.14. The molecule has 8 heteroatoms. The van der Waals surface area contributed by atoms with Gasteiger partial charge in [-0.15, -0.1) is 0 Å². The zero-order valence-electron chi connectivity index (χ0n) is 15.4. The van der Waals surface area contributed by atoms with Crippen LogP contribution in [-0.2, 0) is 4.79 Å². The highest BCUT2D eigenvalue weighted by Crippen LogP contribution is 2.24. The smallest absolute Gasteiger partial charge is 0.389 e. The predicted octanol–water partition coefficient (Wildman–Crippen LogP) is 4.50. The normalized spacial score (nSPS) is 12.7. The summed E-state index contributed by atoms with van der Waals surface area (Å²) in [4.78, 5) is 20.8. The second-order valence-electron chi connectivity index (χ2n) is 6.44. The molecule has 0 aliphatic rings. The Morgan fingerprint density at radius 1 is 1.19 bits per heavy atom. The fourth-order valence-corrected chi connectivity index (χ4v) is 2.52. The third-order valence-electron chi connectivity index (χ3n) is 3.98. The van der Waals surface area contributed by atoms with Crippen LogP contribution in [0.5, 0.6) is 5.75 Å². The number of carbonyl (C=O) groups is 1. The van der Waals surface area contributed by atoms with Gasteiger partial charge in [-0.2, -0.15) is 13.2 Å². The molecule has 0 bridgehead atoms. The molecule has 2 aromatic rings. The van der Waals surface area contributed by atoms with Crippen molar-refractivity contribution < 1.29 is 22.7 Å². The van der Waals surface area contributed by atoms with E-state index in [9.17, 15) is 18.0 Å².